The molecule has 3 aliphatic rings. The molecule has 6 rings (SSSR count). The molecule has 1 saturated heterocycles. The van der Waals surface area contributed by atoms with Crippen molar-refractivity contribution < 1.29 is 9.53 Å². The Kier molecular flexibility index (Phi) is 4.53. The van der Waals surface area contributed by atoms with Crippen LogP contribution in [0.4, 0.5) is 16.3 Å². The quantitative estimate of drug-likeness (QED) is 0.665. The molecule has 1 N–H and O–H groups in total. The zero-order chi connectivity index (χ0) is 20.8. The second-order valence-corrected chi connectivity index (χ2v) is 8.90. The molecule has 0 aromatic carbocycles. The van der Waals surface area contributed by atoms with Crippen LogP contribution in [0.5, 0.6) is 0 Å². The molecule has 9 nitrogen and oxygen atoms in total. The van der Waals surface area contributed by atoms with Gasteiger partial charge in [0.15, 0.2) is 0 Å². The molecule has 0 spiro atoms. The average Bonchev–Trinajstić information content (AvgIpc) is 3.43. The summed E-state index contributed by atoms with van der Waals surface area (Å²) in [5.41, 5.74) is 4.16. The number of hydrogen-bond acceptors (Lipinski definition) is 8. The molecule has 0 saturated carbocycles. The van der Waals surface area contributed by atoms with E-state index in [0.29, 0.717) is 45.9 Å². The Morgan fingerprint density at radius 3 is 2.94 bits per heavy atom. The fourth-order valence-corrected chi connectivity index (χ4v) is 5.53. The van der Waals surface area contributed by atoms with Crippen molar-refractivity contribution in [2.45, 2.75) is 19.5 Å². The van der Waals surface area contributed by atoms with Crippen LogP contribution < -0.4 is 5.32 Å². The van der Waals surface area contributed by atoms with Gasteiger partial charge in [0.25, 0.3) is 0 Å². The highest BCUT2D eigenvalue weighted by molar-refractivity contribution is 7.19. The van der Waals surface area contributed by atoms with E-state index in [-0.39, 0.29) is 6.03 Å². The van der Waals surface area contributed by atoms with Gasteiger partial charge in [0, 0.05) is 36.3 Å². The smallest absolute Gasteiger partial charge is 0.320 e. The van der Waals surface area contributed by atoms with E-state index in [1.807, 2.05) is 28.3 Å². The van der Waals surface area contributed by atoms with Crippen molar-refractivity contribution in [3.05, 3.63) is 40.3 Å². The Labute approximate surface area is 182 Å². The van der Waals surface area contributed by atoms with Gasteiger partial charge in [-0.15, -0.1) is 11.3 Å². The highest BCUT2D eigenvalue weighted by atomic mass is 32.1. The largest absolute Gasteiger partial charge is 0.378 e. The van der Waals surface area contributed by atoms with Crippen LogP contribution in [0, 0.1) is 0 Å². The summed E-state index contributed by atoms with van der Waals surface area (Å²) in [5, 5.41) is 4.48. The molecule has 0 unspecified atom stereocenters. The zero-order valence-electron chi connectivity index (χ0n) is 16.9. The van der Waals surface area contributed by atoms with Gasteiger partial charge in [-0.1, -0.05) is 0 Å². The van der Waals surface area contributed by atoms with Gasteiger partial charge >= 0.3 is 6.03 Å². The summed E-state index contributed by atoms with van der Waals surface area (Å²) in [6, 6.07) is 2.15. The standard InChI is InChI=1S/C21H21N7O2S/c29-21(27-3-5-30-6-4-27)28-2-1-15-17(11-28)31-20-18(15)19(24-12-25-20)26-14-7-13-8-22-10-16(13)23-9-14/h7-9,12H,1-6,10-11H2,(H,24,25,26). The van der Waals surface area contributed by atoms with Crippen LogP contribution in [0.1, 0.15) is 21.7 Å². The van der Waals surface area contributed by atoms with E-state index in [1.54, 1.807) is 17.7 Å². The minimum atomic E-state index is 0.0988. The maximum Gasteiger partial charge on any atom is 0.320 e. The van der Waals surface area contributed by atoms with Crippen molar-refractivity contribution in [3.8, 4) is 0 Å². The second-order valence-electron chi connectivity index (χ2n) is 7.81. The van der Waals surface area contributed by atoms with Crippen molar-refractivity contribution in [2.24, 2.45) is 4.99 Å². The van der Waals surface area contributed by atoms with Crippen LogP contribution in [0.15, 0.2) is 23.6 Å². The Hall–Kier alpha value is -3.11. The number of hydrogen-bond donors (Lipinski definition) is 1. The SMILES string of the molecule is O=C(N1CCOCC1)N1CCc2c(sc3ncnc(Nc4cnc5c(c4)C=NC5)c23)C1. The molecular formula is C21H21N7O2S. The third-order valence-corrected chi connectivity index (χ3v) is 7.05. The summed E-state index contributed by atoms with van der Waals surface area (Å²) < 4.78 is 5.38. The van der Waals surface area contributed by atoms with Gasteiger partial charge in [-0.25, -0.2) is 14.8 Å². The monoisotopic (exact) mass is 435 g/mol. The fraction of sp³-hybridized carbons (Fsp3) is 0.381. The molecule has 1 fully saturated rings. The van der Waals surface area contributed by atoms with E-state index in [1.165, 1.54) is 10.4 Å². The molecule has 0 radical (unpaired) electrons. The number of carbonyl (C=O) groups excluding carboxylic acids is 1. The maximum atomic E-state index is 12.9. The Morgan fingerprint density at radius 2 is 2.03 bits per heavy atom. The summed E-state index contributed by atoms with van der Waals surface area (Å²) >= 11 is 1.65. The number of carbonyl (C=O) groups is 1. The third kappa shape index (κ3) is 3.31. The van der Waals surface area contributed by atoms with Crippen LogP contribution in [-0.4, -0.2) is 69.8 Å². The van der Waals surface area contributed by atoms with E-state index in [0.717, 1.165) is 39.4 Å². The topological polar surface area (TPSA) is 95.8 Å². The number of rotatable bonds is 2. The Bertz CT molecular complexity index is 1200. The second kappa shape index (κ2) is 7.54. The summed E-state index contributed by atoms with van der Waals surface area (Å²) in [6.07, 6.45) is 6.06. The normalized spacial score (nSPS) is 17.7. The molecule has 0 bridgehead atoms. The minimum Gasteiger partial charge on any atom is -0.378 e. The number of aromatic nitrogens is 3. The van der Waals surface area contributed by atoms with Crippen molar-refractivity contribution in [3.63, 3.8) is 0 Å². The van der Waals surface area contributed by atoms with E-state index in [4.69, 9.17) is 4.74 Å². The van der Waals surface area contributed by atoms with Crippen molar-refractivity contribution >= 4 is 45.3 Å². The maximum absolute atomic E-state index is 12.9. The van der Waals surface area contributed by atoms with Crippen molar-refractivity contribution in [1.82, 2.24) is 24.8 Å². The summed E-state index contributed by atoms with van der Waals surface area (Å²) in [5.74, 6) is 0.784. The molecule has 0 atom stereocenters. The lowest BCUT2D eigenvalue weighted by molar-refractivity contribution is 0.0423. The number of urea groups is 1. The highest BCUT2D eigenvalue weighted by Gasteiger charge is 2.29. The zero-order valence-corrected chi connectivity index (χ0v) is 17.7. The average molecular weight is 436 g/mol. The number of ether oxygens (including phenoxy) is 1. The Morgan fingerprint density at radius 1 is 1.13 bits per heavy atom. The predicted octanol–water partition coefficient (Wildman–Crippen LogP) is 2.57. The van der Waals surface area contributed by atoms with E-state index >= 15 is 0 Å². The van der Waals surface area contributed by atoms with E-state index in [2.05, 4.69) is 25.3 Å². The molecule has 3 aromatic rings. The number of nitrogens with one attached hydrogen (secondary N) is 1. The number of amides is 2. The first-order valence-electron chi connectivity index (χ1n) is 10.4. The van der Waals surface area contributed by atoms with Crippen LogP contribution in [0.25, 0.3) is 10.2 Å². The van der Waals surface area contributed by atoms with Gasteiger partial charge in [0.05, 0.1) is 49.3 Å². The highest BCUT2D eigenvalue weighted by Crippen LogP contribution is 2.38. The number of anilines is 2. The minimum absolute atomic E-state index is 0.0988. The number of nitrogens with zero attached hydrogens (tertiary/aromatic N) is 6. The number of morpholine rings is 1. The lowest BCUT2D eigenvalue weighted by Crippen LogP contribution is -2.49. The van der Waals surface area contributed by atoms with Crippen molar-refractivity contribution in [1.29, 1.82) is 0 Å². The summed E-state index contributed by atoms with van der Waals surface area (Å²) in [4.78, 5) is 36.7. The van der Waals surface area contributed by atoms with Gasteiger partial charge in [-0.05, 0) is 18.1 Å². The molecular weight excluding hydrogens is 414 g/mol. The van der Waals surface area contributed by atoms with Crippen LogP contribution >= 0.6 is 11.3 Å². The molecule has 0 aliphatic carbocycles. The number of thiophene rings is 1. The first-order chi connectivity index (χ1) is 15.3. The Balaban J connectivity index is 1.29. The molecule has 6 heterocycles. The van der Waals surface area contributed by atoms with Crippen LogP contribution in [0.2, 0.25) is 0 Å². The van der Waals surface area contributed by atoms with E-state index < -0.39 is 0 Å². The van der Waals surface area contributed by atoms with Gasteiger partial charge in [0.2, 0.25) is 0 Å². The number of fused-ring (bicyclic) bond motifs is 4. The van der Waals surface area contributed by atoms with Crippen molar-refractivity contribution in [2.75, 3.05) is 38.2 Å². The molecule has 3 aliphatic heterocycles. The number of aliphatic imine (C=N–C) groups is 1. The lowest BCUT2D eigenvalue weighted by Gasteiger charge is -2.34. The first kappa shape index (κ1) is 18.6. The third-order valence-electron chi connectivity index (χ3n) is 5.93. The van der Waals surface area contributed by atoms with Gasteiger partial charge in [-0.2, -0.15) is 0 Å². The summed E-state index contributed by atoms with van der Waals surface area (Å²) in [6.45, 7) is 4.50. The van der Waals surface area contributed by atoms with Crippen LogP contribution in [-0.2, 0) is 24.2 Å². The molecule has 31 heavy (non-hydrogen) atoms. The molecule has 10 heteroatoms. The first-order valence-corrected chi connectivity index (χ1v) is 11.2. The van der Waals surface area contributed by atoms with E-state index in [9.17, 15) is 4.79 Å². The van der Waals surface area contributed by atoms with Gasteiger partial charge in [-0.3, -0.25) is 9.98 Å². The lowest BCUT2D eigenvalue weighted by atomic mass is 10.0. The molecule has 158 valence electrons. The predicted molar refractivity (Wildman–Crippen MR) is 118 cm³/mol. The number of pyridine rings is 1. The fourth-order valence-electron chi connectivity index (χ4n) is 4.33. The molecule has 3 aromatic heterocycles. The molecule has 2 amide bonds. The van der Waals surface area contributed by atoms with Gasteiger partial charge < -0.3 is 19.9 Å². The summed E-state index contributed by atoms with van der Waals surface area (Å²) in [7, 11) is 0. The van der Waals surface area contributed by atoms with Crippen LogP contribution in [0.3, 0.4) is 0 Å². The van der Waals surface area contributed by atoms with Gasteiger partial charge in [0.1, 0.15) is 17.0 Å².